The second kappa shape index (κ2) is 7.17. The number of nitrogens with one attached hydrogen (secondary N) is 1. The van der Waals surface area contributed by atoms with Crippen molar-refractivity contribution in [1.29, 1.82) is 0 Å². The lowest BCUT2D eigenvalue weighted by Gasteiger charge is -2.34. The highest BCUT2D eigenvalue weighted by atomic mass is 19.3. The fourth-order valence-corrected chi connectivity index (χ4v) is 2.36. The molecule has 3 atom stereocenters. The van der Waals surface area contributed by atoms with E-state index in [1.165, 1.54) is 19.3 Å². The van der Waals surface area contributed by atoms with Gasteiger partial charge in [0.1, 0.15) is 6.61 Å². The molecule has 0 spiro atoms. The number of alkyl halides is 2. The van der Waals surface area contributed by atoms with Crippen LogP contribution in [-0.4, -0.2) is 32.2 Å². The van der Waals surface area contributed by atoms with Gasteiger partial charge in [-0.1, -0.05) is 26.7 Å². The van der Waals surface area contributed by atoms with Gasteiger partial charge in [-0.15, -0.1) is 0 Å². The Labute approximate surface area is 96.7 Å². The van der Waals surface area contributed by atoms with E-state index in [0.29, 0.717) is 25.1 Å². The van der Waals surface area contributed by atoms with Gasteiger partial charge in [0.05, 0.1) is 6.61 Å². The van der Waals surface area contributed by atoms with Gasteiger partial charge in [-0.05, 0) is 18.3 Å². The van der Waals surface area contributed by atoms with Crippen LogP contribution in [0.25, 0.3) is 0 Å². The first-order chi connectivity index (χ1) is 7.61. The molecular weight excluding hydrogens is 212 g/mol. The Bertz CT molecular complexity index is 190. The van der Waals surface area contributed by atoms with E-state index in [9.17, 15) is 8.78 Å². The van der Waals surface area contributed by atoms with Crippen LogP contribution in [0.2, 0.25) is 0 Å². The van der Waals surface area contributed by atoms with Gasteiger partial charge < -0.3 is 10.1 Å². The summed E-state index contributed by atoms with van der Waals surface area (Å²) < 4.78 is 28.4. The van der Waals surface area contributed by atoms with Crippen LogP contribution in [0.1, 0.15) is 33.1 Å². The summed E-state index contributed by atoms with van der Waals surface area (Å²) in [6, 6.07) is 0.527. The van der Waals surface area contributed by atoms with Crippen LogP contribution >= 0.6 is 0 Å². The molecule has 3 unspecified atom stereocenters. The fourth-order valence-electron chi connectivity index (χ4n) is 2.36. The second-order valence-electron chi connectivity index (χ2n) is 4.79. The van der Waals surface area contributed by atoms with Crippen LogP contribution in [-0.2, 0) is 4.74 Å². The molecule has 0 aromatic rings. The molecule has 1 N–H and O–H groups in total. The van der Waals surface area contributed by atoms with Gasteiger partial charge in [0.25, 0.3) is 6.43 Å². The predicted octanol–water partition coefficient (Wildman–Crippen LogP) is 2.68. The highest BCUT2D eigenvalue weighted by Crippen LogP contribution is 2.29. The number of halogens is 2. The number of hydrogen-bond donors (Lipinski definition) is 1. The summed E-state index contributed by atoms with van der Waals surface area (Å²) in [5.41, 5.74) is 0. The van der Waals surface area contributed by atoms with Crippen molar-refractivity contribution in [3.05, 3.63) is 0 Å². The Balaban J connectivity index is 2.07. The van der Waals surface area contributed by atoms with Gasteiger partial charge in [-0.2, -0.15) is 0 Å². The van der Waals surface area contributed by atoms with E-state index >= 15 is 0 Å². The van der Waals surface area contributed by atoms with Gasteiger partial charge in [-0.3, -0.25) is 0 Å². The van der Waals surface area contributed by atoms with Crippen LogP contribution in [0.15, 0.2) is 0 Å². The Morgan fingerprint density at radius 3 is 2.75 bits per heavy atom. The minimum absolute atomic E-state index is 0.377. The quantitative estimate of drug-likeness (QED) is 0.715. The van der Waals surface area contributed by atoms with Gasteiger partial charge in [0.2, 0.25) is 0 Å². The largest absolute Gasteiger partial charge is 0.374 e. The third-order valence-electron chi connectivity index (χ3n) is 3.60. The SMILES string of the molecule is CC1CCCC(NCCOCC(F)F)C1C. The molecule has 96 valence electrons. The zero-order valence-corrected chi connectivity index (χ0v) is 10.2. The molecule has 0 radical (unpaired) electrons. The first kappa shape index (κ1) is 13.8. The van der Waals surface area contributed by atoms with Gasteiger partial charge in [0.15, 0.2) is 0 Å². The van der Waals surface area contributed by atoms with E-state index < -0.39 is 13.0 Å². The maximum Gasteiger partial charge on any atom is 0.261 e. The van der Waals surface area contributed by atoms with Gasteiger partial charge in [-0.25, -0.2) is 8.78 Å². The highest BCUT2D eigenvalue weighted by Gasteiger charge is 2.26. The molecule has 1 fully saturated rings. The minimum atomic E-state index is -2.35. The van der Waals surface area contributed by atoms with Gasteiger partial charge >= 0.3 is 0 Å². The Kier molecular flexibility index (Phi) is 6.21. The maximum atomic E-state index is 11.8. The van der Waals surface area contributed by atoms with Crippen molar-refractivity contribution in [3.63, 3.8) is 0 Å². The summed E-state index contributed by atoms with van der Waals surface area (Å²) in [6.45, 7) is 5.15. The molecular formula is C12H23F2NO. The van der Waals surface area contributed by atoms with Crippen molar-refractivity contribution < 1.29 is 13.5 Å². The third kappa shape index (κ3) is 4.74. The molecule has 0 bridgehead atoms. The lowest BCUT2D eigenvalue weighted by Crippen LogP contribution is -2.42. The van der Waals surface area contributed by atoms with Crippen LogP contribution in [0, 0.1) is 11.8 Å². The second-order valence-corrected chi connectivity index (χ2v) is 4.79. The molecule has 4 heteroatoms. The third-order valence-corrected chi connectivity index (χ3v) is 3.60. The lowest BCUT2D eigenvalue weighted by atomic mass is 9.78. The van der Waals surface area contributed by atoms with E-state index in [1.807, 2.05) is 0 Å². The average molecular weight is 235 g/mol. The summed E-state index contributed by atoms with van der Waals surface area (Å²) in [4.78, 5) is 0. The molecule has 0 heterocycles. The number of rotatable bonds is 6. The molecule has 16 heavy (non-hydrogen) atoms. The van der Waals surface area contributed by atoms with Crippen LogP contribution < -0.4 is 5.32 Å². The minimum Gasteiger partial charge on any atom is -0.374 e. The molecule has 1 saturated carbocycles. The predicted molar refractivity (Wildman–Crippen MR) is 60.8 cm³/mol. The number of ether oxygens (including phenoxy) is 1. The van der Waals surface area contributed by atoms with Crippen LogP contribution in [0.5, 0.6) is 0 Å². The van der Waals surface area contributed by atoms with Crippen molar-refractivity contribution in [2.75, 3.05) is 19.8 Å². The van der Waals surface area contributed by atoms with E-state index in [0.717, 1.165) is 5.92 Å². The van der Waals surface area contributed by atoms with Crippen LogP contribution in [0.4, 0.5) is 8.78 Å². The van der Waals surface area contributed by atoms with Crippen molar-refractivity contribution in [2.45, 2.75) is 45.6 Å². The zero-order chi connectivity index (χ0) is 12.0. The van der Waals surface area contributed by atoms with E-state index in [-0.39, 0.29) is 0 Å². The molecule has 0 amide bonds. The lowest BCUT2D eigenvalue weighted by molar-refractivity contribution is 0.0171. The zero-order valence-electron chi connectivity index (χ0n) is 10.2. The summed E-state index contributed by atoms with van der Waals surface area (Å²) in [6.07, 6.45) is 1.41. The monoisotopic (exact) mass is 235 g/mol. The van der Waals surface area contributed by atoms with Crippen molar-refractivity contribution in [2.24, 2.45) is 11.8 Å². The standard InChI is InChI=1S/C12H23F2NO/c1-9-4-3-5-11(10(9)2)15-6-7-16-8-12(13)14/h9-12,15H,3-8H2,1-2H3. The summed E-state index contributed by atoms with van der Waals surface area (Å²) >= 11 is 0. The molecule has 1 aliphatic rings. The van der Waals surface area contributed by atoms with Crippen molar-refractivity contribution in [1.82, 2.24) is 5.32 Å². The topological polar surface area (TPSA) is 21.3 Å². The van der Waals surface area contributed by atoms with Gasteiger partial charge in [0, 0.05) is 12.6 Å². The molecule has 0 aliphatic heterocycles. The molecule has 2 nitrogen and oxygen atoms in total. The van der Waals surface area contributed by atoms with Crippen LogP contribution in [0.3, 0.4) is 0 Å². The smallest absolute Gasteiger partial charge is 0.261 e. The fraction of sp³-hybridized carbons (Fsp3) is 1.00. The average Bonchev–Trinajstić information content (AvgIpc) is 2.23. The first-order valence-electron chi connectivity index (χ1n) is 6.20. The summed E-state index contributed by atoms with van der Waals surface area (Å²) in [7, 11) is 0. The van der Waals surface area contributed by atoms with E-state index in [4.69, 9.17) is 4.74 Å². The highest BCUT2D eigenvalue weighted by molar-refractivity contribution is 4.81. The van der Waals surface area contributed by atoms with Crippen molar-refractivity contribution >= 4 is 0 Å². The molecule has 0 saturated heterocycles. The normalized spacial score (nSPS) is 30.9. The summed E-state index contributed by atoms with van der Waals surface area (Å²) in [5, 5.41) is 3.41. The molecule has 1 aliphatic carbocycles. The number of hydrogen-bond acceptors (Lipinski definition) is 2. The Hall–Kier alpha value is -0.220. The molecule has 0 aromatic heterocycles. The Morgan fingerprint density at radius 2 is 2.06 bits per heavy atom. The first-order valence-corrected chi connectivity index (χ1v) is 6.20. The molecule has 1 rings (SSSR count). The Morgan fingerprint density at radius 1 is 1.31 bits per heavy atom. The van der Waals surface area contributed by atoms with E-state index in [1.54, 1.807) is 0 Å². The van der Waals surface area contributed by atoms with Crippen molar-refractivity contribution in [3.8, 4) is 0 Å². The molecule has 0 aromatic carbocycles. The maximum absolute atomic E-state index is 11.8. The summed E-state index contributed by atoms with van der Waals surface area (Å²) in [5.74, 6) is 1.43. The van der Waals surface area contributed by atoms with E-state index in [2.05, 4.69) is 19.2 Å².